The van der Waals surface area contributed by atoms with Crippen LogP contribution in [0.3, 0.4) is 0 Å². The molecule has 0 bridgehead atoms. The number of hydrazine groups is 1. The molecule has 0 aromatic carbocycles. The molecule has 1 fully saturated rings. The molecule has 54 valence electrons. The van der Waals surface area contributed by atoms with Gasteiger partial charge in [0, 0.05) is 6.04 Å². The van der Waals surface area contributed by atoms with Gasteiger partial charge < -0.3 is 0 Å². The fourth-order valence-corrected chi connectivity index (χ4v) is 1.59. The Kier molecular flexibility index (Phi) is 2.49. The second-order valence-corrected chi connectivity index (χ2v) is 3.14. The van der Waals surface area contributed by atoms with Crippen LogP contribution in [0.5, 0.6) is 0 Å². The standard InChI is InChI=1S/C7H16N2/c1-6-3-2-4-7(5-6)9-8/h6-7,9H,2-5,8H2,1H3/t6-,7+/m1/s1. The van der Waals surface area contributed by atoms with Crippen LogP contribution in [0.4, 0.5) is 0 Å². The fourth-order valence-electron chi connectivity index (χ4n) is 1.59. The van der Waals surface area contributed by atoms with E-state index in [4.69, 9.17) is 5.84 Å². The summed E-state index contributed by atoms with van der Waals surface area (Å²) >= 11 is 0. The van der Waals surface area contributed by atoms with Crippen molar-refractivity contribution in [3.05, 3.63) is 0 Å². The van der Waals surface area contributed by atoms with Gasteiger partial charge in [-0.15, -0.1) is 0 Å². The van der Waals surface area contributed by atoms with Gasteiger partial charge in [0.2, 0.25) is 0 Å². The Morgan fingerprint density at radius 1 is 1.44 bits per heavy atom. The van der Waals surface area contributed by atoms with Crippen molar-refractivity contribution in [3.63, 3.8) is 0 Å². The molecule has 2 nitrogen and oxygen atoms in total. The van der Waals surface area contributed by atoms with Crippen LogP contribution in [0.25, 0.3) is 0 Å². The minimum Gasteiger partial charge on any atom is -0.271 e. The maximum absolute atomic E-state index is 5.32. The average Bonchev–Trinajstić information content (AvgIpc) is 1.88. The molecule has 0 heterocycles. The third-order valence-electron chi connectivity index (χ3n) is 2.17. The van der Waals surface area contributed by atoms with Crippen LogP contribution in [0, 0.1) is 5.92 Å². The number of hydrogen-bond acceptors (Lipinski definition) is 2. The summed E-state index contributed by atoms with van der Waals surface area (Å²) in [6.07, 6.45) is 5.26. The maximum Gasteiger partial charge on any atom is 0.0213 e. The summed E-state index contributed by atoms with van der Waals surface area (Å²) in [6.45, 7) is 2.30. The summed E-state index contributed by atoms with van der Waals surface area (Å²) < 4.78 is 0. The first-order valence-electron chi connectivity index (χ1n) is 3.79. The Bertz CT molecular complexity index is 83.0. The summed E-state index contributed by atoms with van der Waals surface area (Å²) in [5.41, 5.74) is 2.83. The summed E-state index contributed by atoms with van der Waals surface area (Å²) in [5, 5.41) is 0. The van der Waals surface area contributed by atoms with Gasteiger partial charge >= 0.3 is 0 Å². The van der Waals surface area contributed by atoms with Crippen molar-refractivity contribution < 1.29 is 0 Å². The summed E-state index contributed by atoms with van der Waals surface area (Å²) in [7, 11) is 0. The average molecular weight is 128 g/mol. The van der Waals surface area contributed by atoms with Crippen LogP contribution in [0.2, 0.25) is 0 Å². The molecule has 0 aliphatic heterocycles. The van der Waals surface area contributed by atoms with Crippen LogP contribution in [0.1, 0.15) is 32.6 Å². The Labute approximate surface area is 56.8 Å². The van der Waals surface area contributed by atoms with Crippen LogP contribution < -0.4 is 11.3 Å². The van der Waals surface area contributed by atoms with Crippen molar-refractivity contribution in [1.29, 1.82) is 0 Å². The Morgan fingerprint density at radius 3 is 2.67 bits per heavy atom. The highest BCUT2D eigenvalue weighted by atomic mass is 15.2. The third-order valence-corrected chi connectivity index (χ3v) is 2.17. The first-order valence-corrected chi connectivity index (χ1v) is 3.79. The molecule has 1 rings (SSSR count). The zero-order valence-electron chi connectivity index (χ0n) is 6.06. The number of nitrogens with two attached hydrogens (primary N) is 1. The van der Waals surface area contributed by atoms with E-state index in [0.717, 1.165) is 5.92 Å². The molecule has 1 aliphatic carbocycles. The molecule has 0 amide bonds. The highest BCUT2D eigenvalue weighted by Crippen LogP contribution is 2.22. The zero-order chi connectivity index (χ0) is 6.69. The normalized spacial score (nSPS) is 36.7. The van der Waals surface area contributed by atoms with Crippen LogP contribution >= 0.6 is 0 Å². The van der Waals surface area contributed by atoms with Gasteiger partial charge in [0.1, 0.15) is 0 Å². The van der Waals surface area contributed by atoms with Gasteiger partial charge in [-0.3, -0.25) is 11.3 Å². The van der Waals surface area contributed by atoms with Crippen LogP contribution in [0.15, 0.2) is 0 Å². The molecule has 2 atom stereocenters. The van der Waals surface area contributed by atoms with Gasteiger partial charge in [-0.1, -0.05) is 19.8 Å². The van der Waals surface area contributed by atoms with Gasteiger partial charge in [-0.25, -0.2) is 0 Å². The molecule has 1 aliphatic rings. The van der Waals surface area contributed by atoms with Crippen LogP contribution in [-0.4, -0.2) is 6.04 Å². The van der Waals surface area contributed by atoms with E-state index in [2.05, 4.69) is 12.3 Å². The summed E-state index contributed by atoms with van der Waals surface area (Å²) in [6, 6.07) is 0.591. The molecule has 3 N–H and O–H groups in total. The highest BCUT2D eigenvalue weighted by molar-refractivity contribution is 4.73. The molecule has 0 radical (unpaired) electrons. The van der Waals surface area contributed by atoms with Gasteiger partial charge in [0.25, 0.3) is 0 Å². The fraction of sp³-hybridized carbons (Fsp3) is 1.00. The third kappa shape index (κ3) is 1.95. The quantitative estimate of drug-likeness (QED) is 0.409. The number of hydrogen-bond donors (Lipinski definition) is 2. The van der Waals surface area contributed by atoms with Crippen molar-refractivity contribution in [1.82, 2.24) is 5.43 Å². The number of nitrogens with one attached hydrogen (secondary N) is 1. The highest BCUT2D eigenvalue weighted by Gasteiger charge is 2.16. The molecule has 0 unspecified atom stereocenters. The minimum absolute atomic E-state index is 0.591. The van der Waals surface area contributed by atoms with E-state index in [1.807, 2.05) is 0 Å². The second-order valence-electron chi connectivity index (χ2n) is 3.14. The van der Waals surface area contributed by atoms with E-state index in [1.54, 1.807) is 0 Å². The summed E-state index contributed by atoms with van der Waals surface area (Å²) in [4.78, 5) is 0. The topological polar surface area (TPSA) is 38.0 Å². The molecule has 1 saturated carbocycles. The SMILES string of the molecule is C[C@@H]1CCC[C@H](NN)C1. The van der Waals surface area contributed by atoms with Gasteiger partial charge in [-0.2, -0.15) is 0 Å². The first kappa shape index (κ1) is 7.03. The molecular weight excluding hydrogens is 112 g/mol. The largest absolute Gasteiger partial charge is 0.271 e. The molecule has 2 heteroatoms. The van der Waals surface area contributed by atoms with Crippen molar-refractivity contribution in [2.75, 3.05) is 0 Å². The molecule has 0 spiro atoms. The molecule has 0 aromatic heterocycles. The van der Waals surface area contributed by atoms with Crippen molar-refractivity contribution >= 4 is 0 Å². The van der Waals surface area contributed by atoms with Crippen molar-refractivity contribution in [3.8, 4) is 0 Å². The first-order chi connectivity index (χ1) is 4.33. The smallest absolute Gasteiger partial charge is 0.0213 e. The maximum atomic E-state index is 5.32. The minimum atomic E-state index is 0.591. The Hall–Kier alpha value is -0.0800. The van der Waals surface area contributed by atoms with E-state index in [9.17, 15) is 0 Å². The van der Waals surface area contributed by atoms with Crippen molar-refractivity contribution in [2.24, 2.45) is 11.8 Å². The Morgan fingerprint density at radius 2 is 2.22 bits per heavy atom. The molecular formula is C7H16N2. The lowest BCUT2D eigenvalue weighted by atomic mass is 9.87. The van der Waals surface area contributed by atoms with Gasteiger partial charge in [-0.05, 0) is 18.8 Å². The monoisotopic (exact) mass is 128 g/mol. The molecule has 0 saturated heterocycles. The van der Waals surface area contributed by atoms with E-state index in [1.165, 1.54) is 25.7 Å². The zero-order valence-corrected chi connectivity index (χ0v) is 6.06. The number of rotatable bonds is 1. The van der Waals surface area contributed by atoms with Gasteiger partial charge in [0.05, 0.1) is 0 Å². The van der Waals surface area contributed by atoms with Gasteiger partial charge in [0.15, 0.2) is 0 Å². The Balaban J connectivity index is 2.23. The van der Waals surface area contributed by atoms with E-state index < -0.39 is 0 Å². The summed E-state index contributed by atoms with van der Waals surface area (Å²) in [5.74, 6) is 6.19. The van der Waals surface area contributed by atoms with E-state index >= 15 is 0 Å². The predicted molar refractivity (Wildman–Crippen MR) is 38.7 cm³/mol. The van der Waals surface area contributed by atoms with Crippen molar-refractivity contribution in [2.45, 2.75) is 38.6 Å². The molecule has 0 aromatic rings. The lowest BCUT2D eigenvalue weighted by molar-refractivity contribution is 0.304. The molecule has 9 heavy (non-hydrogen) atoms. The second kappa shape index (κ2) is 3.18. The lowest BCUT2D eigenvalue weighted by Gasteiger charge is -2.25. The van der Waals surface area contributed by atoms with E-state index in [0.29, 0.717) is 6.04 Å². The van der Waals surface area contributed by atoms with Crippen LogP contribution in [-0.2, 0) is 0 Å². The predicted octanol–water partition coefficient (Wildman–Crippen LogP) is 1.03. The lowest BCUT2D eigenvalue weighted by Crippen LogP contribution is -2.38. The van der Waals surface area contributed by atoms with E-state index in [-0.39, 0.29) is 0 Å².